The lowest BCUT2D eigenvalue weighted by Crippen LogP contribution is -2.41. The van der Waals surface area contributed by atoms with Crippen molar-refractivity contribution < 1.29 is 23.8 Å². The van der Waals surface area contributed by atoms with Gasteiger partial charge in [0.15, 0.2) is 17.9 Å². The van der Waals surface area contributed by atoms with Crippen LogP contribution in [0, 0.1) is 0 Å². The van der Waals surface area contributed by atoms with Gasteiger partial charge in [0, 0.05) is 24.0 Å². The first kappa shape index (κ1) is 23.6. The molecule has 2 heterocycles. The Morgan fingerprint density at radius 1 is 1.06 bits per heavy atom. The van der Waals surface area contributed by atoms with E-state index in [0.29, 0.717) is 62.4 Å². The van der Waals surface area contributed by atoms with E-state index < -0.39 is 0 Å². The molecule has 2 aliphatic rings. The molecule has 2 aliphatic heterocycles. The van der Waals surface area contributed by atoms with Crippen molar-refractivity contribution in [3.05, 3.63) is 64.7 Å². The molecule has 6 nitrogen and oxygen atoms in total. The van der Waals surface area contributed by atoms with Crippen molar-refractivity contribution in [3.8, 4) is 5.75 Å². The molecular weight excluding hydrogens is 418 g/mol. The van der Waals surface area contributed by atoms with Crippen LogP contribution in [0.1, 0.15) is 77.8 Å². The number of Topliss-reactive ketones (excluding diaryl/α,β-unsaturated/α-hetero) is 2. The highest BCUT2D eigenvalue weighted by molar-refractivity contribution is 6.04. The second-order valence-corrected chi connectivity index (χ2v) is 8.94. The van der Waals surface area contributed by atoms with Gasteiger partial charge in [0.2, 0.25) is 0 Å². The number of rotatable bonds is 9. The first-order valence-corrected chi connectivity index (χ1v) is 11.9. The van der Waals surface area contributed by atoms with Crippen LogP contribution in [-0.2, 0) is 14.9 Å². The predicted octanol–water partition coefficient (Wildman–Crippen LogP) is 4.42. The lowest BCUT2D eigenvalue weighted by molar-refractivity contribution is -0.188. The maximum Gasteiger partial charge on any atom is 0.166 e. The maximum atomic E-state index is 13.2. The molecule has 6 heteroatoms. The lowest BCUT2D eigenvalue weighted by atomic mass is 9.73. The first-order valence-electron chi connectivity index (χ1n) is 11.9. The topological polar surface area (TPSA) is 87.9 Å². The lowest BCUT2D eigenvalue weighted by Gasteiger charge is -2.28. The number of hydrogen-bond donors (Lipinski definition) is 1. The molecule has 0 radical (unpaired) electrons. The number of ketones is 2. The second kappa shape index (κ2) is 10.2. The van der Waals surface area contributed by atoms with Crippen LogP contribution in [0.3, 0.4) is 0 Å². The van der Waals surface area contributed by atoms with E-state index in [1.54, 1.807) is 6.07 Å². The van der Waals surface area contributed by atoms with E-state index in [4.69, 9.17) is 19.9 Å². The number of benzene rings is 2. The van der Waals surface area contributed by atoms with Crippen LogP contribution in [0.5, 0.6) is 5.75 Å². The van der Waals surface area contributed by atoms with Crippen molar-refractivity contribution in [1.29, 1.82) is 0 Å². The van der Waals surface area contributed by atoms with Crippen LogP contribution in [0.4, 0.5) is 0 Å². The van der Waals surface area contributed by atoms with E-state index in [1.165, 1.54) is 0 Å². The van der Waals surface area contributed by atoms with Gasteiger partial charge in [-0.2, -0.15) is 0 Å². The van der Waals surface area contributed by atoms with Gasteiger partial charge in [0.05, 0.1) is 30.2 Å². The Bertz CT molecular complexity index is 997. The zero-order valence-corrected chi connectivity index (χ0v) is 19.5. The summed E-state index contributed by atoms with van der Waals surface area (Å²) in [5.74, 6) is 0.631. The van der Waals surface area contributed by atoms with Crippen LogP contribution in [-0.4, -0.2) is 43.7 Å². The molecule has 4 rings (SSSR count). The summed E-state index contributed by atoms with van der Waals surface area (Å²) in [4.78, 5) is 26.0. The summed E-state index contributed by atoms with van der Waals surface area (Å²) in [6.07, 6.45) is 2.49. The summed E-state index contributed by atoms with van der Waals surface area (Å²) >= 11 is 0. The van der Waals surface area contributed by atoms with Gasteiger partial charge in [-0.25, -0.2) is 0 Å². The van der Waals surface area contributed by atoms with Crippen LogP contribution in [0.2, 0.25) is 0 Å². The smallest absolute Gasteiger partial charge is 0.166 e. The number of nitrogens with two attached hydrogens (primary N) is 1. The van der Waals surface area contributed by atoms with E-state index >= 15 is 0 Å². The molecule has 2 N–H and O–H groups in total. The molecule has 0 aliphatic carbocycles. The highest BCUT2D eigenvalue weighted by Crippen LogP contribution is 2.48. The molecule has 176 valence electrons. The van der Waals surface area contributed by atoms with E-state index in [0.717, 1.165) is 17.5 Å². The summed E-state index contributed by atoms with van der Waals surface area (Å²) in [6.45, 7) is 5.37. The van der Waals surface area contributed by atoms with Crippen molar-refractivity contribution in [2.24, 2.45) is 5.73 Å². The summed E-state index contributed by atoms with van der Waals surface area (Å²) in [7, 11) is 0. The van der Waals surface area contributed by atoms with Gasteiger partial charge < -0.3 is 19.9 Å². The Hall–Kier alpha value is -2.54. The van der Waals surface area contributed by atoms with Gasteiger partial charge in [0.25, 0.3) is 0 Å². The molecule has 0 spiro atoms. The minimum Gasteiger partial charge on any atom is -0.491 e. The Labute approximate surface area is 195 Å². The SMILES string of the molecule is CCC(=O)c1cc(C(=O)CCCC2OCC(N)CO2)cc2c1OC[C@@]2(CC)c1ccccc1. The molecule has 1 atom stereocenters. The molecule has 0 saturated carbocycles. The fourth-order valence-corrected chi connectivity index (χ4v) is 4.76. The van der Waals surface area contributed by atoms with Crippen molar-refractivity contribution in [2.75, 3.05) is 19.8 Å². The molecule has 0 amide bonds. The minimum atomic E-state index is -0.377. The van der Waals surface area contributed by atoms with Gasteiger partial charge >= 0.3 is 0 Å². The van der Waals surface area contributed by atoms with Crippen molar-refractivity contribution in [3.63, 3.8) is 0 Å². The van der Waals surface area contributed by atoms with E-state index in [2.05, 4.69) is 19.1 Å². The van der Waals surface area contributed by atoms with Crippen molar-refractivity contribution >= 4 is 11.6 Å². The molecule has 1 saturated heterocycles. The van der Waals surface area contributed by atoms with Gasteiger partial charge in [-0.15, -0.1) is 0 Å². The van der Waals surface area contributed by atoms with Crippen molar-refractivity contribution in [2.45, 2.75) is 63.7 Å². The summed E-state index contributed by atoms with van der Waals surface area (Å²) in [6, 6.07) is 13.8. The summed E-state index contributed by atoms with van der Waals surface area (Å²) in [5, 5.41) is 0. The highest BCUT2D eigenvalue weighted by Gasteiger charge is 2.43. The zero-order valence-electron chi connectivity index (χ0n) is 19.5. The molecule has 0 unspecified atom stereocenters. The highest BCUT2D eigenvalue weighted by atomic mass is 16.7. The van der Waals surface area contributed by atoms with E-state index in [-0.39, 0.29) is 29.3 Å². The molecular formula is C27H33NO5. The quantitative estimate of drug-likeness (QED) is 0.568. The van der Waals surface area contributed by atoms with Gasteiger partial charge in [0.1, 0.15) is 12.4 Å². The molecule has 33 heavy (non-hydrogen) atoms. The third kappa shape index (κ3) is 4.74. The largest absolute Gasteiger partial charge is 0.491 e. The normalized spacial score (nSPS) is 24.2. The monoisotopic (exact) mass is 451 g/mol. The molecule has 2 aromatic rings. The van der Waals surface area contributed by atoms with E-state index in [1.807, 2.05) is 31.2 Å². The average molecular weight is 452 g/mol. The number of fused-ring (bicyclic) bond motifs is 1. The maximum absolute atomic E-state index is 13.2. The third-order valence-electron chi connectivity index (χ3n) is 6.78. The average Bonchev–Trinajstić information content (AvgIpc) is 3.24. The summed E-state index contributed by atoms with van der Waals surface area (Å²) in [5.41, 5.74) is 8.55. The van der Waals surface area contributed by atoms with Crippen LogP contribution in [0.25, 0.3) is 0 Å². The van der Waals surface area contributed by atoms with Gasteiger partial charge in [-0.1, -0.05) is 44.2 Å². The third-order valence-corrected chi connectivity index (χ3v) is 6.78. The standard InChI is InChI=1S/C27H33NO5/c1-3-23(29)21-13-18(24(30)11-8-12-25-31-15-20(28)16-32-25)14-22-26(21)33-17-27(22,4-2)19-9-6-5-7-10-19/h5-7,9-10,13-14,20,25H,3-4,8,11-12,15-17,28H2,1-2H3/t20?,25?,27-/m0/s1. The Kier molecular flexibility index (Phi) is 7.27. The zero-order chi connectivity index (χ0) is 23.4. The fourth-order valence-electron chi connectivity index (χ4n) is 4.76. The Balaban J connectivity index is 1.60. The van der Waals surface area contributed by atoms with Crippen LogP contribution >= 0.6 is 0 Å². The molecule has 1 fully saturated rings. The number of ether oxygens (including phenoxy) is 3. The van der Waals surface area contributed by atoms with Crippen LogP contribution in [0.15, 0.2) is 42.5 Å². The van der Waals surface area contributed by atoms with Gasteiger partial charge in [-0.3, -0.25) is 9.59 Å². The minimum absolute atomic E-state index is 0.0128. The van der Waals surface area contributed by atoms with Gasteiger partial charge in [-0.05, 0) is 37.0 Å². The van der Waals surface area contributed by atoms with Crippen LogP contribution < -0.4 is 10.5 Å². The second-order valence-electron chi connectivity index (χ2n) is 8.94. The Morgan fingerprint density at radius 3 is 2.45 bits per heavy atom. The van der Waals surface area contributed by atoms with Crippen molar-refractivity contribution in [1.82, 2.24) is 0 Å². The molecule has 0 aromatic heterocycles. The molecule has 2 aromatic carbocycles. The fraction of sp³-hybridized carbons (Fsp3) is 0.481. The number of hydrogen-bond acceptors (Lipinski definition) is 6. The first-order chi connectivity index (χ1) is 16.0. The van der Waals surface area contributed by atoms with E-state index in [9.17, 15) is 9.59 Å². The number of carbonyl (C=O) groups excluding carboxylic acids is 2. The number of carbonyl (C=O) groups is 2. The summed E-state index contributed by atoms with van der Waals surface area (Å²) < 4.78 is 17.3. The predicted molar refractivity (Wildman–Crippen MR) is 126 cm³/mol. The Morgan fingerprint density at radius 2 is 1.79 bits per heavy atom. The molecule has 0 bridgehead atoms.